The minimum Gasteiger partial charge on any atom is -0.384 e. The number of likely N-dealkylation sites (tertiary alicyclic amines) is 1. The topological polar surface area (TPSA) is 81.6 Å². The van der Waals surface area contributed by atoms with Crippen molar-refractivity contribution in [3.8, 4) is 11.5 Å². The Kier molecular flexibility index (Phi) is 5.40. The number of nitrogens with two attached hydrogens (primary N) is 1. The van der Waals surface area contributed by atoms with Gasteiger partial charge in [-0.15, -0.1) is 10.2 Å². The van der Waals surface area contributed by atoms with E-state index in [1.165, 1.54) is 11.1 Å². The van der Waals surface area contributed by atoms with E-state index in [9.17, 15) is 0 Å². The van der Waals surface area contributed by atoms with E-state index in [0.717, 1.165) is 54.0 Å². The van der Waals surface area contributed by atoms with E-state index in [0.29, 0.717) is 12.6 Å². The van der Waals surface area contributed by atoms with Crippen molar-refractivity contribution in [1.82, 2.24) is 24.5 Å². The summed E-state index contributed by atoms with van der Waals surface area (Å²) >= 11 is 0. The van der Waals surface area contributed by atoms with Gasteiger partial charge in [0.25, 0.3) is 0 Å². The molecule has 1 fully saturated rings. The van der Waals surface area contributed by atoms with Crippen LogP contribution in [0.1, 0.15) is 30.5 Å². The Morgan fingerprint density at radius 2 is 2.03 bits per heavy atom. The second-order valence-corrected chi connectivity index (χ2v) is 8.40. The molecule has 1 aliphatic rings. The van der Waals surface area contributed by atoms with Gasteiger partial charge >= 0.3 is 0 Å². The first-order valence-corrected chi connectivity index (χ1v) is 10.9. The first-order valence-electron chi connectivity index (χ1n) is 10.9. The van der Waals surface area contributed by atoms with Crippen LogP contribution in [0, 0.1) is 0 Å². The van der Waals surface area contributed by atoms with E-state index in [2.05, 4.69) is 58.5 Å². The lowest BCUT2D eigenvalue weighted by Gasteiger charge is -2.24. The number of ether oxygens (including phenoxy) is 1. The lowest BCUT2D eigenvalue weighted by atomic mass is 10.1. The molecule has 0 radical (unpaired) electrons. The first kappa shape index (κ1) is 20.1. The number of hydrogen-bond acceptors (Lipinski definition) is 6. The Balaban J connectivity index is 1.51. The van der Waals surface area contributed by atoms with Gasteiger partial charge in [-0.3, -0.25) is 9.30 Å². The van der Waals surface area contributed by atoms with Gasteiger partial charge in [-0.05, 0) is 49.1 Å². The van der Waals surface area contributed by atoms with Crippen LogP contribution in [-0.2, 0) is 11.2 Å². The Morgan fingerprint density at radius 3 is 2.84 bits per heavy atom. The second kappa shape index (κ2) is 8.34. The molecule has 0 bridgehead atoms. The third-order valence-corrected chi connectivity index (χ3v) is 6.29. The van der Waals surface area contributed by atoms with Crippen molar-refractivity contribution < 1.29 is 4.74 Å². The quantitative estimate of drug-likeness (QED) is 0.520. The summed E-state index contributed by atoms with van der Waals surface area (Å²) in [7, 11) is 1.72. The van der Waals surface area contributed by atoms with Crippen LogP contribution in [-0.4, -0.2) is 57.3 Å². The molecule has 0 unspecified atom stereocenters. The van der Waals surface area contributed by atoms with E-state index in [4.69, 9.17) is 15.5 Å². The maximum Gasteiger partial charge on any atom is 0.187 e. The van der Waals surface area contributed by atoms with Gasteiger partial charge < -0.3 is 10.5 Å². The van der Waals surface area contributed by atoms with E-state index < -0.39 is 0 Å². The molecule has 4 heterocycles. The van der Waals surface area contributed by atoms with Crippen LogP contribution >= 0.6 is 0 Å². The summed E-state index contributed by atoms with van der Waals surface area (Å²) in [4.78, 5) is 7.34. The monoisotopic (exact) mass is 416 g/mol. The number of nitrogens with zero attached hydrogens (tertiary/aromatic N) is 5. The van der Waals surface area contributed by atoms with Crippen LogP contribution in [0.2, 0.25) is 0 Å². The van der Waals surface area contributed by atoms with E-state index in [1.807, 2.05) is 16.5 Å². The molecule has 1 aliphatic heterocycles. The maximum atomic E-state index is 6.12. The van der Waals surface area contributed by atoms with Crippen molar-refractivity contribution in [2.24, 2.45) is 5.73 Å². The predicted octanol–water partition coefficient (Wildman–Crippen LogP) is 3.23. The summed E-state index contributed by atoms with van der Waals surface area (Å²) in [6.45, 7) is 4.90. The largest absolute Gasteiger partial charge is 0.384 e. The fourth-order valence-electron chi connectivity index (χ4n) is 4.37. The molecule has 3 aromatic heterocycles. The van der Waals surface area contributed by atoms with E-state index in [-0.39, 0.29) is 6.04 Å². The van der Waals surface area contributed by atoms with Crippen LogP contribution in [0.4, 0.5) is 0 Å². The van der Waals surface area contributed by atoms with Crippen LogP contribution in [0.25, 0.3) is 28.1 Å². The summed E-state index contributed by atoms with van der Waals surface area (Å²) in [5, 5.41) is 9.93. The number of benzene rings is 1. The Hall–Kier alpha value is -2.87. The molecule has 0 aliphatic carbocycles. The Morgan fingerprint density at radius 1 is 1.16 bits per heavy atom. The van der Waals surface area contributed by atoms with Crippen molar-refractivity contribution in [3.63, 3.8) is 0 Å². The highest BCUT2D eigenvalue weighted by Gasteiger charge is 2.25. The summed E-state index contributed by atoms with van der Waals surface area (Å²) in [6, 6.07) is 15.2. The summed E-state index contributed by atoms with van der Waals surface area (Å²) in [6.07, 6.45) is 4.06. The molecule has 0 saturated carbocycles. The Labute approximate surface area is 181 Å². The molecule has 2 N–H and O–H groups in total. The van der Waals surface area contributed by atoms with Gasteiger partial charge in [-0.25, -0.2) is 4.98 Å². The fourth-order valence-corrected chi connectivity index (χ4v) is 4.37. The Bertz CT molecular complexity index is 1220. The zero-order chi connectivity index (χ0) is 21.4. The maximum absolute atomic E-state index is 6.12. The van der Waals surface area contributed by atoms with Crippen molar-refractivity contribution >= 4 is 16.6 Å². The van der Waals surface area contributed by atoms with E-state index in [1.54, 1.807) is 7.11 Å². The number of aromatic nitrogens is 4. The zero-order valence-electron chi connectivity index (χ0n) is 18.0. The number of methoxy groups -OCH3 is 1. The lowest BCUT2D eigenvalue weighted by molar-refractivity contribution is 0.202. The van der Waals surface area contributed by atoms with Crippen LogP contribution < -0.4 is 5.73 Å². The van der Waals surface area contributed by atoms with Gasteiger partial charge in [0.15, 0.2) is 11.5 Å². The standard InChI is InChI=1S/C24H28N6O/c1-16(29-11-9-20(25)15-29)19-6-8-23-27-28-24(30(23)14-19)21-7-5-18-4-3-17(10-12-31-2)13-22(18)26-21/h3-8,13-14,16,20H,9-12,15,25H2,1-2H3/t16-,20-/m0/s1. The SMILES string of the molecule is COCCc1ccc2ccc(-c3nnc4ccc([C@H](C)N5CC[C@H](N)C5)cn34)nc2c1. The highest BCUT2D eigenvalue weighted by molar-refractivity contribution is 5.81. The number of fused-ring (bicyclic) bond motifs is 2. The third-order valence-electron chi connectivity index (χ3n) is 6.29. The number of rotatable bonds is 6. The lowest BCUT2D eigenvalue weighted by Crippen LogP contribution is -2.28. The van der Waals surface area contributed by atoms with Crippen LogP contribution in [0.5, 0.6) is 0 Å². The van der Waals surface area contributed by atoms with Crippen molar-refractivity contribution in [1.29, 1.82) is 0 Å². The molecule has 0 amide bonds. The normalized spacial score (nSPS) is 18.2. The molecule has 4 aromatic rings. The molecule has 160 valence electrons. The summed E-state index contributed by atoms with van der Waals surface area (Å²) < 4.78 is 7.26. The summed E-state index contributed by atoms with van der Waals surface area (Å²) in [5.74, 6) is 0.756. The molecule has 7 nitrogen and oxygen atoms in total. The van der Waals surface area contributed by atoms with Crippen LogP contribution in [0.3, 0.4) is 0 Å². The summed E-state index contributed by atoms with van der Waals surface area (Å²) in [5.41, 5.74) is 11.1. The minimum atomic E-state index is 0.271. The predicted molar refractivity (Wildman–Crippen MR) is 122 cm³/mol. The molecule has 1 saturated heterocycles. The zero-order valence-corrected chi connectivity index (χ0v) is 18.0. The molecular formula is C24H28N6O. The average Bonchev–Trinajstić information content (AvgIpc) is 3.42. The molecule has 1 aromatic carbocycles. The molecule has 31 heavy (non-hydrogen) atoms. The number of hydrogen-bond donors (Lipinski definition) is 1. The second-order valence-electron chi connectivity index (χ2n) is 8.40. The highest BCUT2D eigenvalue weighted by Crippen LogP contribution is 2.27. The smallest absolute Gasteiger partial charge is 0.187 e. The average molecular weight is 417 g/mol. The fraction of sp³-hybridized carbons (Fsp3) is 0.375. The van der Waals surface area contributed by atoms with Crippen molar-refractivity contribution in [2.75, 3.05) is 26.8 Å². The van der Waals surface area contributed by atoms with Gasteiger partial charge in [0.1, 0.15) is 5.69 Å². The molecular weight excluding hydrogens is 388 g/mol. The molecule has 5 rings (SSSR count). The van der Waals surface area contributed by atoms with E-state index >= 15 is 0 Å². The third kappa shape index (κ3) is 3.92. The molecule has 7 heteroatoms. The highest BCUT2D eigenvalue weighted by atomic mass is 16.5. The number of pyridine rings is 2. The van der Waals surface area contributed by atoms with Crippen LogP contribution in [0.15, 0.2) is 48.7 Å². The van der Waals surface area contributed by atoms with Gasteiger partial charge in [0.2, 0.25) is 0 Å². The minimum absolute atomic E-state index is 0.271. The molecule has 2 atom stereocenters. The molecule has 0 spiro atoms. The van der Waals surface area contributed by atoms with Gasteiger partial charge in [-0.2, -0.15) is 0 Å². The van der Waals surface area contributed by atoms with Gasteiger partial charge in [0, 0.05) is 43.9 Å². The van der Waals surface area contributed by atoms with Crippen molar-refractivity contribution in [3.05, 3.63) is 59.8 Å². The first-order chi connectivity index (χ1) is 15.1. The van der Waals surface area contributed by atoms with Gasteiger partial charge in [0.05, 0.1) is 12.1 Å². The van der Waals surface area contributed by atoms with Crippen molar-refractivity contribution in [2.45, 2.75) is 31.8 Å². The van der Waals surface area contributed by atoms with Gasteiger partial charge in [-0.1, -0.05) is 24.3 Å².